The number of nitrogens with one attached hydrogen (secondary N) is 2. The van der Waals surface area contributed by atoms with Crippen molar-refractivity contribution in [3.63, 3.8) is 0 Å². The zero-order valence-corrected chi connectivity index (χ0v) is 15.3. The maximum Gasteiger partial charge on any atom is 0.230 e. The van der Waals surface area contributed by atoms with Crippen molar-refractivity contribution >= 4 is 42.5 Å². The van der Waals surface area contributed by atoms with E-state index in [0.717, 1.165) is 31.9 Å². The van der Waals surface area contributed by atoms with Gasteiger partial charge in [0.1, 0.15) is 0 Å². The van der Waals surface area contributed by atoms with E-state index in [1.54, 1.807) is 11.8 Å². The van der Waals surface area contributed by atoms with Crippen molar-refractivity contribution in [3.8, 4) is 0 Å². The smallest absolute Gasteiger partial charge is 0.230 e. The second-order valence-electron chi connectivity index (χ2n) is 4.87. The molecule has 1 saturated heterocycles. The minimum absolute atomic E-state index is 0. The van der Waals surface area contributed by atoms with Gasteiger partial charge in [0.25, 0.3) is 0 Å². The maximum absolute atomic E-state index is 11.6. The standard InChI is InChI=1S/C13H27N3O2S.2ClH/c1-3-16(4-2)5-6-19-10-13(18)15-8-11-7-14-9-12(11)17;;/h11-12,14,17H,3-10H2,1-2H3,(H,15,18);2*1H. The third-order valence-corrected chi connectivity index (χ3v) is 4.48. The minimum Gasteiger partial charge on any atom is -0.391 e. The summed E-state index contributed by atoms with van der Waals surface area (Å²) in [5.41, 5.74) is 0. The van der Waals surface area contributed by atoms with Crippen molar-refractivity contribution in [1.82, 2.24) is 15.5 Å². The number of aliphatic hydroxyl groups excluding tert-OH is 1. The van der Waals surface area contributed by atoms with Crippen LogP contribution >= 0.6 is 36.6 Å². The zero-order valence-electron chi connectivity index (χ0n) is 12.8. The van der Waals surface area contributed by atoms with E-state index >= 15 is 0 Å². The summed E-state index contributed by atoms with van der Waals surface area (Å²) < 4.78 is 0. The maximum atomic E-state index is 11.6. The Morgan fingerprint density at radius 2 is 2.00 bits per heavy atom. The van der Waals surface area contributed by atoms with Crippen molar-refractivity contribution in [2.45, 2.75) is 20.0 Å². The predicted molar refractivity (Wildman–Crippen MR) is 95.0 cm³/mol. The Balaban J connectivity index is 0. The van der Waals surface area contributed by atoms with Crippen molar-refractivity contribution in [2.24, 2.45) is 5.92 Å². The molecule has 2 unspecified atom stereocenters. The largest absolute Gasteiger partial charge is 0.391 e. The molecule has 1 aliphatic rings. The van der Waals surface area contributed by atoms with Crippen LogP contribution in [0.5, 0.6) is 0 Å². The molecule has 1 amide bonds. The topological polar surface area (TPSA) is 64.6 Å². The highest BCUT2D eigenvalue weighted by Crippen LogP contribution is 2.07. The van der Waals surface area contributed by atoms with E-state index in [1.165, 1.54) is 0 Å². The number of amides is 1. The van der Waals surface area contributed by atoms with Crippen molar-refractivity contribution in [3.05, 3.63) is 0 Å². The van der Waals surface area contributed by atoms with Gasteiger partial charge in [-0.25, -0.2) is 0 Å². The van der Waals surface area contributed by atoms with Crippen LogP contribution in [0.25, 0.3) is 0 Å². The Hall–Kier alpha value is 0.280. The lowest BCUT2D eigenvalue weighted by atomic mass is 10.1. The molecule has 1 heterocycles. The molecule has 3 N–H and O–H groups in total. The van der Waals surface area contributed by atoms with E-state index in [1.807, 2.05) is 0 Å². The van der Waals surface area contributed by atoms with Crippen LogP contribution in [0.15, 0.2) is 0 Å². The van der Waals surface area contributed by atoms with E-state index in [-0.39, 0.29) is 42.7 Å². The van der Waals surface area contributed by atoms with E-state index in [2.05, 4.69) is 29.4 Å². The van der Waals surface area contributed by atoms with Crippen molar-refractivity contribution < 1.29 is 9.90 Å². The fraction of sp³-hybridized carbons (Fsp3) is 0.923. The van der Waals surface area contributed by atoms with Crippen LogP contribution < -0.4 is 10.6 Å². The van der Waals surface area contributed by atoms with Gasteiger partial charge in [0, 0.05) is 37.8 Å². The number of hydrogen-bond acceptors (Lipinski definition) is 5. The third-order valence-electron chi connectivity index (χ3n) is 3.55. The molecule has 21 heavy (non-hydrogen) atoms. The third kappa shape index (κ3) is 9.81. The Kier molecular flexibility index (Phi) is 15.6. The molecule has 8 heteroatoms. The highest BCUT2D eigenvalue weighted by molar-refractivity contribution is 7.99. The second kappa shape index (κ2) is 13.9. The van der Waals surface area contributed by atoms with Crippen LogP contribution in [0.4, 0.5) is 0 Å². The molecule has 0 aromatic heterocycles. The summed E-state index contributed by atoms with van der Waals surface area (Å²) in [6, 6.07) is 0. The van der Waals surface area contributed by atoms with Gasteiger partial charge in [0.2, 0.25) is 5.91 Å². The molecule has 0 aromatic carbocycles. The Labute approximate surface area is 144 Å². The first-order valence-corrected chi connectivity index (χ1v) is 8.28. The number of aliphatic hydroxyl groups is 1. The zero-order chi connectivity index (χ0) is 14.1. The number of halogens is 2. The van der Waals surface area contributed by atoms with Gasteiger partial charge in [-0.05, 0) is 13.1 Å². The number of carbonyl (C=O) groups is 1. The highest BCUT2D eigenvalue weighted by Gasteiger charge is 2.24. The molecule has 0 radical (unpaired) electrons. The molecule has 0 aromatic rings. The average molecular weight is 362 g/mol. The molecule has 0 aliphatic carbocycles. The summed E-state index contributed by atoms with van der Waals surface area (Å²) in [4.78, 5) is 14.0. The van der Waals surface area contributed by atoms with E-state index in [9.17, 15) is 9.90 Å². The fourth-order valence-electron chi connectivity index (χ4n) is 2.12. The van der Waals surface area contributed by atoms with Gasteiger partial charge >= 0.3 is 0 Å². The monoisotopic (exact) mass is 361 g/mol. The lowest BCUT2D eigenvalue weighted by Crippen LogP contribution is -2.35. The van der Waals surface area contributed by atoms with Gasteiger partial charge in [-0.3, -0.25) is 4.79 Å². The first kappa shape index (κ1) is 23.5. The number of hydrogen-bond donors (Lipinski definition) is 3. The summed E-state index contributed by atoms with van der Waals surface area (Å²) in [5, 5.41) is 15.6. The summed E-state index contributed by atoms with van der Waals surface area (Å²) in [7, 11) is 0. The lowest BCUT2D eigenvalue weighted by Gasteiger charge is -2.17. The number of β-amino-alcohol motifs (C(OH)–C–C–N with tert-alkyl or cyclic N) is 1. The summed E-state index contributed by atoms with van der Waals surface area (Å²) in [6.07, 6.45) is -0.324. The van der Waals surface area contributed by atoms with Gasteiger partial charge in [-0.1, -0.05) is 13.8 Å². The number of rotatable bonds is 9. The number of thioether (sulfide) groups is 1. The highest BCUT2D eigenvalue weighted by atomic mass is 35.5. The van der Waals surface area contributed by atoms with E-state index in [4.69, 9.17) is 0 Å². The summed E-state index contributed by atoms with van der Waals surface area (Å²) in [5.74, 6) is 1.73. The Bertz CT molecular complexity index is 272. The van der Waals surface area contributed by atoms with Gasteiger partial charge in [-0.2, -0.15) is 11.8 Å². The van der Waals surface area contributed by atoms with Crippen LogP contribution in [0, 0.1) is 5.92 Å². The summed E-state index contributed by atoms with van der Waals surface area (Å²) in [6.45, 7) is 9.48. The molecular formula is C13H29Cl2N3O2S. The van der Waals surface area contributed by atoms with Crippen LogP contribution in [0.3, 0.4) is 0 Å². The van der Waals surface area contributed by atoms with Gasteiger partial charge in [0.15, 0.2) is 0 Å². The molecule has 1 rings (SSSR count). The van der Waals surface area contributed by atoms with Gasteiger partial charge in [-0.15, -0.1) is 24.8 Å². The van der Waals surface area contributed by atoms with Crippen LogP contribution in [0.2, 0.25) is 0 Å². The molecule has 0 spiro atoms. The van der Waals surface area contributed by atoms with Crippen LogP contribution in [-0.4, -0.2) is 72.8 Å². The normalized spacial score (nSPS) is 20.8. The van der Waals surface area contributed by atoms with E-state index < -0.39 is 0 Å². The predicted octanol–water partition coefficient (Wildman–Crippen LogP) is 0.601. The first-order chi connectivity index (χ1) is 9.17. The van der Waals surface area contributed by atoms with Crippen LogP contribution in [-0.2, 0) is 4.79 Å². The number of carbonyl (C=O) groups excluding carboxylic acids is 1. The molecular weight excluding hydrogens is 333 g/mol. The van der Waals surface area contributed by atoms with Gasteiger partial charge in [0.05, 0.1) is 11.9 Å². The second-order valence-corrected chi connectivity index (χ2v) is 5.97. The SMILES string of the molecule is CCN(CC)CCSCC(=O)NCC1CNCC1O.Cl.Cl. The molecule has 1 aliphatic heterocycles. The molecule has 2 atom stereocenters. The minimum atomic E-state index is -0.324. The molecule has 1 fully saturated rings. The lowest BCUT2D eigenvalue weighted by molar-refractivity contribution is -0.118. The van der Waals surface area contributed by atoms with E-state index in [0.29, 0.717) is 18.8 Å². The van der Waals surface area contributed by atoms with Crippen molar-refractivity contribution in [2.75, 3.05) is 50.8 Å². The Morgan fingerprint density at radius 3 is 2.52 bits per heavy atom. The summed E-state index contributed by atoms with van der Waals surface area (Å²) >= 11 is 1.67. The average Bonchev–Trinajstić information content (AvgIpc) is 2.82. The molecule has 5 nitrogen and oxygen atoms in total. The molecule has 0 bridgehead atoms. The number of nitrogens with zero attached hydrogens (tertiary/aromatic N) is 1. The van der Waals surface area contributed by atoms with Crippen LogP contribution in [0.1, 0.15) is 13.8 Å². The fourth-order valence-corrected chi connectivity index (χ4v) is 2.94. The molecule has 0 saturated carbocycles. The first-order valence-electron chi connectivity index (χ1n) is 7.12. The van der Waals surface area contributed by atoms with Crippen molar-refractivity contribution in [1.29, 1.82) is 0 Å². The van der Waals surface area contributed by atoms with Gasteiger partial charge < -0.3 is 20.6 Å². The Morgan fingerprint density at radius 1 is 1.33 bits per heavy atom. The molecule has 128 valence electrons. The quantitative estimate of drug-likeness (QED) is 0.525.